The second-order valence-corrected chi connectivity index (χ2v) is 3.62. The van der Waals surface area contributed by atoms with Crippen LogP contribution in [-0.4, -0.2) is 11.1 Å². The van der Waals surface area contributed by atoms with Gasteiger partial charge in [0, 0.05) is 0 Å². The van der Waals surface area contributed by atoms with Crippen molar-refractivity contribution in [2.24, 2.45) is 5.92 Å². The fourth-order valence-electron chi connectivity index (χ4n) is 1.59. The molecule has 0 bridgehead atoms. The van der Waals surface area contributed by atoms with Gasteiger partial charge in [-0.15, -0.1) is 0 Å². The number of carboxylic acid groups (broad SMARTS) is 1. The number of halogens is 1. The lowest BCUT2D eigenvalue weighted by atomic mass is 9.95. The first kappa shape index (κ1) is 11.7. The van der Waals surface area contributed by atoms with Gasteiger partial charge in [0.25, 0.3) is 0 Å². The van der Waals surface area contributed by atoms with Gasteiger partial charge in [0.15, 0.2) is 0 Å². The van der Waals surface area contributed by atoms with Crippen molar-refractivity contribution < 1.29 is 14.3 Å². The van der Waals surface area contributed by atoms with Crippen LogP contribution in [0.3, 0.4) is 0 Å². The molecule has 1 rings (SSSR count). The van der Waals surface area contributed by atoms with Crippen molar-refractivity contribution in [2.75, 3.05) is 0 Å². The lowest BCUT2D eigenvalue weighted by molar-refractivity contribution is -0.141. The Labute approximate surface area is 88.7 Å². The molecule has 15 heavy (non-hydrogen) atoms. The molecule has 3 heteroatoms. The Morgan fingerprint density at radius 3 is 2.67 bits per heavy atom. The monoisotopic (exact) mass is 210 g/mol. The summed E-state index contributed by atoms with van der Waals surface area (Å²) in [6.45, 7) is 1.93. The molecule has 0 aliphatic rings. The highest BCUT2D eigenvalue weighted by Crippen LogP contribution is 2.16. The van der Waals surface area contributed by atoms with Gasteiger partial charge in [0.1, 0.15) is 5.82 Å². The maximum absolute atomic E-state index is 13.3. The van der Waals surface area contributed by atoms with Crippen LogP contribution in [0.1, 0.15) is 25.3 Å². The van der Waals surface area contributed by atoms with E-state index in [9.17, 15) is 9.18 Å². The van der Waals surface area contributed by atoms with E-state index in [1.807, 2.05) is 6.92 Å². The quantitative estimate of drug-likeness (QED) is 0.811. The number of hydrogen-bond acceptors (Lipinski definition) is 1. The molecule has 1 aromatic carbocycles. The summed E-state index contributed by atoms with van der Waals surface area (Å²) < 4.78 is 13.3. The van der Waals surface area contributed by atoms with Crippen LogP contribution in [0.5, 0.6) is 0 Å². The average molecular weight is 210 g/mol. The molecule has 82 valence electrons. The lowest BCUT2D eigenvalue weighted by Crippen LogP contribution is -2.16. The summed E-state index contributed by atoms with van der Waals surface area (Å²) >= 11 is 0. The van der Waals surface area contributed by atoms with Crippen molar-refractivity contribution in [3.8, 4) is 0 Å². The number of aliphatic carboxylic acids is 1. The van der Waals surface area contributed by atoms with E-state index < -0.39 is 11.9 Å². The van der Waals surface area contributed by atoms with Crippen LogP contribution in [0.4, 0.5) is 4.39 Å². The number of benzene rings is 1. The normalized spacial score (nSPS) is 12.4. The van der Waals surface area contributed by atoms with E-state index in [1.165, 1.54) is 6.07 Å². The molecule has 0 fully saturated rings. The number of carboxylic acids is 1. The Bertz CT molecular complexity index is 336. The van der Waals surface area contributed by atoms with Crippen LogP contribution >= 0.6 is 0 Å². The lowest BCUT2D eigenvalue weighted by Gasteiger charge is -2.11. The van der Waals surface area contributed by atoms with Gasteiger partial charge in [-0.05, 0) is 24.5 Å². The van der Waals surface area contributed by atoms with Gasteiger partial charge in [-0.25, -0.2) is 4.39 Å². The van der Waals surface area contributed by atoms with Crippen molar-refractivity contribution in [3.63, 3.8) is 0 Å². The average Bonchev–Trinajstić information content (AvgIpc) is 2.20. The third-order valence-corrected chi connectivity index (χ3v) is 2.41. The smallest absolute Gasteiger partial charge is 0.306 e. The molecule has 0 radical (unpaired) electrons. The zero-order valence-electron chi connectivity index (χ0n) is 8.74. The van der Waals surface area contributed by atoms with E-state index in [4.69, 9.17) is 5.11 Å². The summed E-state index contributed by atoms with van der Waals surface area (Å²) in [4.78, 5) is 10.9. The van der Waals surface area contributed by atoms with Crippen molar-refractivity contribution in [1.29, 1.82) is 0 Å². The summed E-state index contributed by atoms with van der Waals surface area (Å²) in [6, 6.07) is 6.33. The first-order chi connectivity index (χ1) is 7.15. The second kappa shape index (κ2) is 5.49. The van der Waals surface area contributed by atoms with E-state index in [0.29, 0.717) is 12.0 Å². The molecule has 1 atom stereocenters. The summed E-state index contributed by atoms with van der Waals surface area (Å²) in [6.07, 6.45) is 1.66. The van der Waals surface area contributed by atoms with E-state index in [-0.39, 0.29) is 12.2 Å². The highest BCUT2D eigenvalue weighted by atomic mass is 19.1. The van der Waals surface area contributed by atoms with Crippen molar-refractivity contribution in [1.82, 2.24) is 0 Å². The molecule has 1 aromatic rings. The third kappa shape index (κ3) is 3.35. The molecule has 2 nitrogen and oxygen atoms in total. The maximum Gasteiger partial charge on any atom is 0.306 e. The SMILES string of the molecule is CCC[C@@H](Cc1ccccc1F)C(=O)O. The van der Waals surface area contributed by atoms with Gasteiger partial charge < -0.3 is 5.11 Å². The van der Waals surface area contributed by atoms with Crippen LogP contribution in [0.15, 0.2) is 24.3 Å². The summed E-state index contributed by atoms with van der Waals surface area (Å²) in [7, 11) is 0. The zero-order valence-corrected chi connectivity index (χ0v) is 8.74. The molecular weight excluding hydrogens is 195 g/mol. The highest BCUT2D eigenvalue weighted by molar-refractivity contribution is 5.70. The van der Waals surface area contributed by atoms with Gasteiger partial charge in [0.05, 0.1) is 5.92 Å². The predicted molar refractivity (Wildman–Crippen MR) is 56.1 cm³/mol. The third-order valence-electron chi connectivity index (χ3n) is 2.41. The summed E-state index contributed by atoms with van der Waals surface area (Å²) in [5.74, 6) is -1.65. The van der Waals surface area contributed by atoms with Crippen LogP contribution in [0, 0.1) is 11.7 Å². The van der Waals surface area contributed by atoms with Crippen LogP contribution in [0.25, 0.3) is 0 Å². The van der Waals surface area contributed by atoms with Crippen molar-refractivity contribution >= 4 is 5.97 Å². The maximum atomic E-state index is 13.3. The molecule has 0 aromatic heterocycles. The van der Waals surface area contributed by atoms with Gasteiger partial charge in [-0.1, -0.05) is 31.5 Å². The topological polar surface area (TPSA) is 37.3 Å². The molecule has 0 heterocycles. The highest BCUT2D eigenvalue weighted by Gasteiger charge is 2.18. The van der Waals surface area contributed by atoms with Crippen molar-refractivity contribution in [2.45, 2.75) is 26.2 Å². The van der Waals surface area contributed by atoms with Gasteiger partial charge >= 0.3 is 5.97 Å². The fourth-order valence-corrected chi connectivity index (χ4v) is 1.59. The predicted octanol–water partition coefficient (Wildman–Crippen LogP) is 2.87. The molecule has 0 aliphatic carbocycles. The molecule has 0 saturated carbocycles. The second-order valence-electron chi connectivity index (χ2n) is 3.62. The largest absolute Gasteiger partial charge is 0.481 e. The van der Waals surface area contributed by atoms with Gasteiger partial charge in [-0.2, -0.15) is 0 Å². The molecule has 0 aliphatic heterocycles. The molecule has 0 amide bonds. The Kier molecular flexibility index (Phi) is 4.28. The Balaban J connectivity index is 2.74. The van der Waals surface area contributed by atoms with Crippen molar-refractivity contribution in [3.05, 3.63) is 35.6 Å². The van der Waals surface area contributed by atoms with E-state index >= 15 is 0 Å². The number of carbonyl (C=O) groups is 1. The van der Waals surface area contributed by atoms with Crippen LogP contribution < -0.4 is 0 Å². The fraction of sp³-hybridized carbons (Fsp3) is 0.417. The van der Waals surface area contributed by atoms with Gasteiger partial charge in [-0.3, -0.25) is 4.79 Å². The molecular formula is C12H15FO2. The zero-order chi connectivity index (χ0) is 11.3. The summed E-state index contributed by atoms with van der Waals surface area (Å²) in [5, 5.41) is 8.93. The standard InChI is InChI=1S/C12H15FO2/c1-2-5-10(12(14)15)8-9-6-3-4-7-11(9)13/h3-4,6-7,10H,2,5,8H2,1H3,(H,14,15)/t10-/m0/s1. The minimum Gasteiger partial charge on any atom is -0.481 e. The van der Waals surface area contributed by atoms with Gasteiger partial charge in [0.2, 0.25) is 0 Å². The first-order valence-corrected chi connectivity index (χ1v) is 5.11. The molecule has 0 unspecified atom stereocenters. The molecule has 1 N–H and O–H groups in total. The Morgan fingerprint density at radius 2 is 2.13 bits per heavy atom. The minimum atomic E-state index is -0.847. The summed E-state index contributed by atoms with van der Waals surface area (Å²) in [5.41, 5.74) is 0.485. The molecule has 0 saturated heterocycles. The van der Waals surface area contributed by atoms with E-state index in [1.54, 1.807) is 18.2 Å². The number of rotatable bonds is 5. The number of hydrogen-bond donors (Lipinski definition) is 1. The Hall–Kier alpha value is -1.38. The first-order valence-electron chi connectivity index (χ1n) is 5.11. The van der Waals surface area contributed by atoms with E-state index in [2.05, 4.69) is 0 Å². The molecule has 0 spiro atoms. The Morgan fingerprint density at radius 1 is 1.47 bits per heavy atom. The minimum absolute atomic E-state index is 0.274. The van der Waals surface area contributed by atoms with Crippen LogP contribution in [-0.2, 0) is 11.2 Å². The van der Waals surface area contributed by atoms with Crippen LogP contribution in [0.2, 0.25) is 0 Å². The van der Waals surface area contributed by atoms with E-state index in [0.717, 1.165) is 6.42 Å².